The second kappa shape index (κ2) is 4.51. The Labute approximate surface area is 97.4 Å². The number of halogens is 2. The summed E-state index contributed by atoms with van der Waals surface area (Å²) in [5.41, 5.74) is 1.18. The molecular formula is C12H9ClFNO. The molecule has 2 N–H and O–H groups in total. The molecule has 0 atom stereocenters. The molecule has 0 aliphatic carbocycles. The van der Waals surface area contributed by atoms with Gasteiger partial charge in [-0.1, -0.05) is 35.9 Å². The lowest BCUT2D eigenvalue weighted by atomic mass is 10.1. The van der Waals surface area contributed by atoms with Crippen LogP contribution in [0.1, 0.15) is 0 Å². The smallest absolute Gasteiger partial charge is 0.165 e. The Morgan fingerprint density at radius 1 is 1.12 bits per heavy atom. The van der Waals surface area contributed by atoms with Crippen LogP contribution in [-0.2, 0) is 0 Å². The quantitative estimate of drug-likeness (QED) is 0.813. The standard InChI is InChI=1S/C12H9ClFNO/c13-10-7-8(5-6-12(10)16-15)9-3-1-2-4-11(9)14/h1-7H,15H2. The van der Waals surface area contributed by atoms with Crippen LogP contribution in [0.25, 0.3) is 11.1 Å². The van der Waals surface area contributed by atoms with E-state index in [0.29, 0.717) is 21.9 Å². The van der Waals surface area contributed by atoms with Crippen molar-refractivity contribution in [2.45, 2.75) is 0 Å². The lowest BCUT2D eigenvalue weighted by Gasteiger charge is -2.06. The van der Waals surface area contributed by atoms with E-state index in [2.05, 4.69) is 4.84 Å². The Morgan fingerprint density at radius 3 is 2.50 bits per heavy atom. The second-order valence-electron chi connectivity index (χ2n) is 3.24. The first-order valence-corrected chi connectivity index (χ1v) is 5.01. The molecule has 0 fully saturated rings. The van der Waals surface area contributed by atoms with Crippen molar-refractivity contribution in [1.82, 2.24) is 0 Å². The van der Waals surface area contributed by atoms with Gasteiger partial charge in [0.2, 0.25) is 0 Å². The summed E-state index contributed by atoms with van der Waals surface area (Å²) in [5.74, 6) is 5.08. The van der Waals surface area contributed by atoms with Crippen LogP contribution in [0, 0.1) is 5.82 Å². The van der Waals surface area contributed by atoms with Gasteiger partial charge in [0.05, 0.1) is 5.02 Å². The highest BCUT2D eigenvalue weighted by molar-refractivity contribution is 6.32. The van der Waals surface area contributed by atoms with Gasteiger partial charge in [-0.25, -0.2) is 4.39 Å². The first-order chi connectivity index (χ1) is 7.72. The maximum Gasteiger partial charge on any atom is 0.165 e. The third-order valence-corrected chi connectivity index (χ3v) is 2.54. The molecule has 2 aromatic carbocycles. The summed E-state index contributed by atoms with van der Waals surface area (Å²) in [6.07, 6.45) is 0. The van der Waals surface area contributed by atoms with E-state index >= 15 is 0 Å². The molecule has 2 nitrogen and oxygen atoms in total. The van der Waals surface area contributed by atoms with Crippen LogP contribution in [0.4, 0.5) is 4.39 Å². The molecule has 0 radical (unpaired) electrons. The van der Waals surface area contributed by atoms with E-state index in [1.54, 1.807) is 36.4 Å². The Morgan fingerprint density at radius 2 is 1.88 bits per heavy atom. The molecule has 2 aromatic rings. The molecular weight excluding hydrogens is 229 g/mol. The van der Waals surface area contributed by atoms with Crippen molar-refractivity contribution >= 4 is 11.6 Å². The fraction of sp³-hybridized carbons (Fsp3) is 0. The third kappa shape index (κ3) is 2.01. The van der Waals surface area contributed by atoms with Crippen LogP contribution in [0.2, 0.25) is 5.02 Å². The van der Waals surface area contributed by atoms with Gasteiger partial charge in [0.15, 0.2) is 5.75 Å². The molecule has 0 saturated heterocycles. The van der Waals surface area contributed by atoms with E-state index in [4.69, 9.17) is 17.5 Å². The Kier molecular flexibility index (Phi) is 3.08. The molecule has 2 rings (SSSR count). The molecule has 0 saturated carbocycles. The van der Waals surface area contributed by atoms with Crippen LogP contribution >= 0.6 is 11.6 Å². The highest BCUT2D eigenvalue weighted by atomic mass is 35.5. The van der Waals surface area contributed by atoms with Crippen molar-refractivity contribution in [3.63, 3.8) is 0 Å². The van der Waals surface area contributed by atoms with Gasteiger partial charge in [-0.3, -0.25) is 0 Å². The molecule has 0 amide bonds. The maximum absolute atomic E-state index is 13.5. The normalized spacial score (nSPS) is 10.2. The molecule has 0 aromatic heterocycles. The van der Waals surface area contributed by atoms with Gasteiger partial charge >= 0.3 is 0 Å². The molecule has 0 heterocycles. The summed E-state index contributed by atoms with van der Waals surface area (Å²) in [5, 5.41) is 0.350. The van der Waals surface area contributed by atoms with Crippen molar-refractivity contribution in [3.8, 4) is 16.9 Å². The van der Waals surface area contributed by atoms with E-state index in [9.17, 15) is 4.39 Å². The van der Waals surface area contributed by atoms with Crippen molar-refractivity contribution in [1.29, 1.82) is 0 Å². The van der Waals surface area contributed by atoms with Crippen LogP contribution in [0.3, 0.4) is 0 Å². The zero-order valence-corrected chi connectivity index (χ0v) is 9.04. The lowest BCUT2D eigenvalue weighted by Crippen LogP contribution is -2.02. The van der Waals surface area contributed by atoms with Crippen molar-refractivity contribution in [3.05, 3.63) is 53.3 Å². The summed E-state index contributed by atoms with van der Waals surface area (Å²) >= 11 is 5.90. The van der Waals surface area contributed by atoms with E-state index in [0.717, 1.165) is 0 Å². The van der Waals surface area contributed by atoms with E-state index in [1.165, 1.54) is 6.07 Å². The van der Waals surface area contributed by atoms with E-state index < -0.39 is 0 Å². The zero-order valence-electron chi connectivity index (χ0n) is 8.28. The van der Waals surface area contributed by atoms with Gasteiger partial charge in [-0.05, 0) is 23.8 Å². The largest absolute Gasteiger partial charge is 0.410 e. The second-order valence-corrected chi connectivity index (χ2v) is 3.65. The van der Waals surface area contributed by atoms with Gasteiger partial charge in [0, 0.05) is 5.56 Å². The average molecular weight is 238 g/mol. The number of hydrogen-bond acceptors (Lipinski definition) is 2. The average Bonchev–Trinajstić information content (AvgIpc) is 2.29. The van der Waals surface area contributed by atoms with Crippen molar-refractivity contribution < 1.29 is 9.23 Å². The summed E-state index contributed by atoms with van der Waals surface area (Å²) in [6, 6.07) is 11.4. The number of rotatable bonds is 2. The minimum atomic E-state index is -0.292. The fourth-order valence-corrected chi connectivity index (χ4v) is 1.68. The van der Waals surface area contributed by atoms with Crippen molar-refractivity contribution in [2.24, 2.45) is 5.90 Å². The Bertz CT molecular complexity index is 516. The van der Waals surface area contributed by atoms with Crippen molar-refractivity contribution in [2.75, 3.05) is 0 Å². The van der Waals surface area contributed by atoms with Gasteiger partial charge in [-0.15, -0.1) is 0 Å². The molecule has 0 bridgehead atoms. The first-order valence-electron chi connectivity index (χ1n) is 4.63. The van der Waals surface area contributed by atoms with E-state index in [-0.39, 0.29) is 5.82 Å². The third-order valence-electron chi connectivity index (χ3n) is 2.24. The number of benzene rings is 2. The molecule has 4 heteroatoms. The van der Waals surface area contributed by atoms with Crippen LogP contribution < -0.4 is 10.7 Å². The molecule has 0 unspecified atom stereocenters. The topological polar surface area (TPSA) is 35.2 Å². The van der Waals surface area contributed by atoms with Gasteiger partial charge in [-0.2, -0.15) is 5.90 Å². The number of hydrogen-bond donors (Lipinski definition) is 1. The predicted molar refractivity (Wildman–Crippen MR) is 61.7 cm³/mol. The molecule has 0 spiro atoms. The first kappa shape index (κ1) is 10.9. The Balaban J connectivity index is 2.50. The lowest BCUT2D eigenvalue weighted by molar-refractivity contribution is 0.335. The van der Waals surface area contributed by atoms with Crippen LogP contribution in [0.5, 0.6) is 5.75 Å². The van der Waals surface area contributed by atoms with Gasteiger partial charge in [0.1, 0.15) is 5.82 Å². The van der Waals surface area contributed by atoms with Crippen LogP contribution in [-0.4, -0.2) is 0 Å². The van der Waals surface area contributed by atoms with Gasteiger partial charge in [0.25, 0.3) is 0 Å². The highest BCUT2D eigenvalue weighted by Gasteiger charge is 2.07. The summed E-state index contributed by atoms with van der Waals surface area (Å²) in [7, 11) is 0. The SMILES string of the molecule is NOc1ccc(-c2ccccc2F)cc1Cl. The summed E-state index contributed by atoms with van der Waals surface area (Å²) < 4.78 is 13.5. The van der Waals surface area contributed by atoms with E-state index in [1.807, 2.05) is 0 Å². The number of nitrogens with two attached hydrogens (primary N) is 1. The molecule has 82 valence electrons. The van der Waals surface area contributed by atoms with Crippen LogP contribution in [0.15, 0.2) is 42.5 Å². The monoisotopic (exact) mass is 237 g/mol. The molecule has 0 aliphatic heterocycles. The molecule has 16 heavy (non-hydrogen) atoms. The maximum atomic E-state index is 13.5. The minimum Gasteiger partial charge on any atom is -0.410 e. The highest BCUT2D eigenvalue weighted by Crippen LogP contribution is 2.30. The Hall–Kier alpha value is -1.58. The minimum absolute atomic E-state index is 0.292. The summed E-state index contributed by atoms with van der Waals surface area (Å²) in [4.78, 5) is 4.54. The molecule has 0 aliphatic rings. The van der Waals surface area contributed by atoms with Gasteiger partial charge < -0.3 is 4.84 Å². The summed E-state index contributed by atoms with van der Waals surface area (Å²) in [6.45, 7) is 0. The zero-order chi connectivity index (χ0) is 11.5. The predicted octanol–water partition coefficient (Wildman–Crippen LogP) is 3.40. The fourth-order valence-electron chi connectivity index (χ4n) is 1.46.